The normalized spacial score (nSPS) is 23.8. The lowest BCUT2D eigenvalue weighted by molar-refractivity contribution is -0.192. The maximum absolute atomic E-state index is 5.83. The van der Waals surface area contributed by atoms with Gasteiger partial charge >= 0.3 is 0 Å². The van der Waals surface area contributed by atoms with Crippen molar-refractivity contribution in [2.24, 2.45) is 0 Å². The van der Waals surface area contributed by atoms with Crippen molar-refractivity contribution >= 4 is 0 Å². The average Bonchev–Trinajstić information content (AvgIpc) is 2.99. The Kier molecular flexibility index (Phi) is 3.32. The molecule has 0 radical (unpaired) electrons. The van der Waals surface area contributed by atoms with E-state index in [4.69, 9.17) is 14.2 Å². The Hall–Kier alpha value is -0.980. The number of aromatic amines is 1. The number of rotatable bonds is 3. The van der Waals surface area contributed by atoms with E-state index in [1.807, 2.05) is 6.92 Å². The van der Waals surface area contributed by atoms with E-state index in [0.29, 0.717) is 6.61 Å². The second-order valence-electron chi connectivity index (χ2n) is 4.96. The second kappa shape index (κ2) is 4.95. The van der Waals surface area contributed by atoms with Gasteiger partial charge in [0.25, 0.3) is 0 Å². The van der Waals surface area contributed by atoms with Gasteiger partial charge in [-0.3, -0.25) is 5.10 Å². The zero-order chi connectivity index (χ0) is 12.4. The molecule has 6 nitrogen and oxygen atoms in total. The summed E-state index contributed by atoms with van der Waals surface area (Å²) in [6, 6.07) is 0. The maximum Gasteiger partial charge on any atom is 0.176 e. The van der Waals surface area contributed by atoms with Crippen LogP contribution in [0.5, 0.6) is 0 Å². The summed E-state index contributed by atoms with van der Waals surface area (Å²) in [6.45, 7) is 3.81. The van der Waals surface area contributed by atoms with E-state index in [-0.39, 0.29) is 11.9 Å². The first-order valence-electron chi connectivity index (χ1n) is 6.53. The van der Waals surface area contributed by atoms with Gasteiger partial charge in [0.15, 0.2) is 11.6 Å². The maximum atomic E-state index is 5.83. The molecule has 0 unspecified atom stereocenters. The van der Waals surface area contributed by atoms with E-state index in [2.05, 4.69) is 15.2 Å². The topological polar surface area (TPSA) is 69.3 Å². The number of nitrogens with one attached hydrogen (secondary N) is 1. The molecule has 1 saturated heterocycles. The Morgan fingerprint density at radius 3 is 2.67 bits per heavy atom. The quantitative estimate of drug-likeness (QED) is 0.879. The number of aryl methyl sites for hydroxylation is 1. The Labute approximate surface area is 106 Å². The van der Waals surface area contributed by atoms with Crippen molar-refractivity contribution in [3.63, 3.8) is 0 Å². The van der Waals surface area contributed by atoms with Gasteiger partial charge in [-0.15, -0.1) is 0 Å². The lowest BCUT2D eigenvalue weighted by Crippen LogP contribution is -2.37. The van der Waals surface area contributed by atoms with E-state index in [1.165, 1.54) is 0 Å². The first-order valence-corrected chi connectivity index (χ1v) is 6.53. The summed E-state index contributed by atoms with van der Waals surface area (Å²) in [6.07, 6.45) is 4.06. The molecule has 1 aliphatic carbocycles. The lowest BCUT2D eigenvalue weighted by atomic mass is 9.92. The van der Waals surface area contributed by atoms with Crippen LogP contribution >= 0.6 is 0 Å². The van der Waals surface area contributed by atoms with Gasteiger partial charge in [-0.2, -0.15) is 5.10 Å². The number of hydrogen-bond acceptors (Lipinski definition) is 5. The van der Waals surface area contributed by atoms with Crippen LogP contribution in [0.1, 0.15) is 37.3 Å². The highest BCUT2D eigenvalue weighted by Crippen LogP contribution is 2.36. The van der Waals surface area contributed by atoms with Crippen LogP contribution in [0.3, 0.4) is 0 Å². The first-order chi connectivity index (χ1) is 8.76. The molecule has 0 amide bonds. The van der Waals surface area contributed by atoms with Crippen LogP contribution in [-0.4, -0.2) is 40.3 Å². The Balaban J connectivity index is 1.45. The smallest absolute Gasteiger partial charge is 0.176 e. The van der Waals surface area contributed by atoms with Gasteiger partial charge in [-0.05, 0) is 19.8 Å². The molecule has 0 aromatic carbocycles. The fourth-order valence-electron chi connectivity index (χ4n) is 2.63. The predicted molar refractivity (Wildman–Crippen MR) is 62.8 cm³/mol. The van der Waals surface area contributed by atoms with Crippen LogP contribution in [0.15, 0.2) is 0 Å². The zero-order valence-corrected chi connectivity index (χ0v) is 10.6. The molecular formula is C12H19N3O3. The third-order valence-electron chi connectivity index (χ3n) is 3.60. The van der Waals surface area contributed by atoms with Crippen molar-refractivity contribution in [1.82, 2.24) is 15.2 Å². The van der Waals surface area contributed by atoms with Crippen LogP contribution in [0.4, 0.5) is 0 Å². The molecule has 3 rings (SSSR count). The van der Waals surface area contributed by atoms with Crippen molar-refractivity contribution in [3.8, 4) is 0 Å². The highest BCUT2D eigenvalue weighted by atomic mass is 16.7. The van der Waals surface area contributed by atoms with Crippen molar-refractivity contribution in [3.05, 3.63) is 11.6 Å². The van der Waals surface area contributed by atoms with E-state index in [9.17, 15) is 0 Å². The monoisotopic (exact) mass is 253 g/mol. The fraction of sp³-hybridized carbons (Fsp3) is 0.833. The summed E-state index contributed by atoms with van der Waals surface area (Å²) < 4.78 is 17.2. The van der Waals surface area contributed by atoms with Gasteiger partial charge in [0, 0.05) is 12.8 Å². The van der Waals surface area contributed by atoms with Crippen LogP contribution in [0.25, 0.3) is 0 Å². The summed E-state index contributed by atoms with van der Waals surface area (Å²) in [4.78, 5) is 4.22. The molecular weight excluding hydrogens is 234 g/mol. The Morgan fingerprint density at radius 2 is 2.06 bits per heavy atom. The number of hydrogen-bond donors (Lipinski definition) is 1. The van der Waals surface area contributed by atoms with Gasteiger partial charge in [-0.1, -0.05) is 0 Å². The minimum Gasteiger partial charge on any atom is -0.370 e. The Morgan fingerprint density at radius 1 is 1.33 bits per heavy atom. The minimum atomic E-state index is -0.305. The largest absolute Gasteiger partial charge is 0.370 e. The molecule has 100 valence electrons. The predicted octanol–water partition coefficient (Wildman–Crippen LogP) is 1.32. The summed E-state index contributed by atoms with van der Waals surface area (Å²) in [5.74, 6) is 1.24. The molecule has 2 heterocycles. The molecule has 1 saturated carbocycles. The lowest BCUT2D eigenvalue weighted by Gasteiger charge is -2.35. The number of nitrogens with zero attached hydrogens (tertiary/aromatic N) is 2. The molecule has 1 spiro atoms. The number of aromatic nitrogens is 3. The first kappa shape index (κ1) is 12.1. The summed E-state index contributed by atoms with van der Waals surface area (Å²) in [5.41, 5.74) is 0. The zero-order valence-electron chi connectivity index (χ0n) is 10.6. The SMILES string of the molecule is Cc1nc(COC2CCC3(CC2)OCCO3)n[nH]1. The number of H-pyrrole nitrogens is 1. The molecule has 1 aromatic heterocycles. The minimum absolute atomic E-state index is 0.266. The van der Waals surface area contributed by atoms with Gasteiger partial charge < -0.3 is 14.2 Å². The molecule has 6 heteroatoms. The third-order valence-corrected chi connectivity index (χ3v) is 3.60. The Bertz CT molecular complexity index is 391. The third kappa shape index (κ3) is 2.55. The summed E-state index contributed by atoms with van der Waals surface area (Å²) in [7, 11) is 0. The van der Waals surface area contributed by atoms with Gasteiger partial charge in [-0.25, -0.2) is 4.98 Å². The molecule has 18 heavy (non-hydrogen) atoms. The standard InChI is InChI=1S/C12H19N3O3/c1-9-13-11(15-14-9)8-16-10-2-4-12(5-3-10)17-6-7-18-12/h10H,2-8H2,1H3,(H,13,14,15). The highest BCUT2D eigenvalue weighted by molar-refractivity contribution is 4.87. The second-order valence-corrected chi connectivity index (χ2v) is 4.96. The van der Waals surface area contributed by atoms with Crippen LogP contribution in [0, 0.1) is 6.92 Å². The van der Waals surface area contributed by atoms with Gasteiger partial charge in [0.05, 0.1) is 19.3 Å². The molecule has 0 atom stereocenters. The summed E-state index contributed by atoms with van der Waals surface area (Å²) in [5, 5.41) is 6.88. The van der Waals surface area contributed by atoms with E-state index >= 15 is 0 Å². The van der Waals surface area contributed by atoms with Gasteiger partial charge in [0.2, 0.25) is 0 Å². The number of ether oxygens (including phenoxy) is 3. The van der Waals surface area contributed by atoms with Crippen LogP contribution in [-0.2, 0) is 20.8 Å². The van der Waals surface area contributed by atoms with E-state index < -0.39 is 0 Å². The fourth-order valence-corrected chi connectivity index (χ4v) is 2.63. The van der Waals surface area contributed by atoms with Crippen molar-refractivity contribution in [2.45, 2.75) is 51.1 Å². The van der Waals surface area contributed by atoms with Crippen molar-refractivity contribution in [1.29, 1.82) is 0 Å². The molecule has 1 aliphatic heterocycles. The van der Waals surface area contributed by atoms with E-state index in [1.54, 1.807) is 0 Å². The summed E-state index contributed by atoms with van der Waals surface area (Å²) >= 11 is 0. The molecule has 0 bridgehead atoms. The van der Waals surface area contributed by atoms with Crippen LogP contribution < -0.4 is 0 Å². The highest BCUT2D eigenvalue weighted by Gasteiger charge is 2.40. The van der Waals surface area contributed by atoms with Crippen LogP contribution in [0.2, 0.25) is 0 Å². The van der Waals surface area contributed by atoms with Crippen molar-refractivity contribution < 1.29 is 14.2 Å². The molecule has 2 fully saturated rings. The van der Waals surface area contributed by atoms with Gasteiger partial charge in [0.1, 0.15) is 12.4 Å². The molecule has 2 aliphatic rings. The van der Waals surface area contributed by atoms with Crippen molar-refractivity contribution in [2.75, 3.05) is 13.2 Å². The molecule has 1 aromatic rings. The van der Waals surface area contributed by atoms with E-state index in [0.717, 1.165) is 50.5 Å². The molecule has 1 N–H and O–H groups in total. The average molecular weight is 253 g/mol.